The normalized spacial score (nSPS) is 20.7. The molecule has 0 spiro atoms. The highest BCUT2D eigenvalue weighted by molar-refractivity contribution is 9.10. The lowest BCUT2D eigenvalue weighted by Gasteiger charge is -2.39. The molecule has 1 aliphatic heterocycles. The molecule has 1 N–H and O–H groups in total. The Balaban J connectivity index is 2.32. The predicted molar refractivity (Wildman–Crippen MR) is 93.5 cm³/mol. The summed E-state index contributed by atoms with van der Waals surface area (Å²) in [6.45, 7) is 9.04. The third kappa shape index (κ3) is 4.25. The fourth-order valence-corrected chi connectivity index (χ4v) is 3.28. The van der Waals surface area contributed by atoms with E-state index in [1.54, 1.807) is 11.8 Å². The number of halogens is 1. The van der Waals surface area contributed by atoms with Crippen molar-refractivity contribution in [2.45, 2.75) is 58.7 Å². The smallest absolute Gasteiger partial charge is 0.408 e. The van der Waals surface area contributed by atoms with E-state index >= 15 is 0 Å². The van der Waals surface area contributed by atoms with Crippen LogP contribution in [0.3, 0.4) is 0 Å². The molecule has 2 amide bonds. The summed E-state index contributed by atoms with van der Waals surface area (Å²) in [7, 11) is 0. The molecular formula is C17H23BrN2O3. The molecule has 0 aliphatic carbocycles. The number of rotatable bonds is 1. The van der Waals surface area contributed by atoms with Gasteiger partial charge in [-0.05, 0) is 57.9 Å². The average molecular weight is 383 g/mol. The highest BCUT2D eigenvalue weighted by Crippen LogP contribution is 2.38. The first kappa shape index (κ1) is 17.8. The number of anilines is 1. The molecule has 0 fully saturated rings. The fraction of sp³-hybridized carbons (Fsp3) is 0.529. The van der Waals surface area contributed by atoms with E-state index in [0.29, 0.717) is 6.42 Å². The maximum absolute atomic E-state index is 12.1. The highest BCUT2D eigenvalue weighted by Gasteiger charge is 2.34. The number of hydrogen-bond acceptors (Lipinski definition) is 3. The van der Waals surface area contributed by atoms with Crippen LogP contribution in [-0.4, -0.2) is 23.6 Å². The van der Waals surface area contributed by atoms with Gasteiger partial charge >= 0.3 is 6.09 Å². The van der Waals surface area contributed by atoms with Crippen molar-refractivity contribution in [1.29, 1.82) is 0 Å². The van der Waals surface area contributed by atoms with E-state index in [1.807, 2.05) is 45.9 Å². The summed E-state index contributed by atoms with van der Waals surface area (Å²) >= 11 is 3.46. The monoisotopic (exact) mass is 382 g/mol. The molecule has 1 heterocycles. The standard InChI is InChI=1S/C17H23BrN2O3/c1-10-8-14(19-16(22)23-17(3,4)5)13-9-12(18)6-7-15(13)20(10)11(2)21/h6-7,9-10,14H,8H2,1-5H3,(H,19,22). The number of fused-ring (bicyclic) bond motifs is 1. The van der Waals surface area contributed by atoms with Crippen LogP contribution in [-0.2, 0) is 9.53 Å². The number of alkyl carbamates (subject to hydrolysis) is 1. The van der Waals surface area contributed by atoms with Crippen molar-refractivity contribution in [3.05, 3.63) is 28.2 Å². The van der Waals surface area contributed by atoms with Gasteiger partial charge in [-0.3, -0.25) is 4.79 Å². The first-order valence-electron chi connectivity index (χ1n) is 7.67. The highest BCUT2D eigenvalue weighted by atomic mass is 79.9. The van der Waals surface area contributed by atoms with Crippen LogP contribution < -0.4 is 10.2 Å². The lowest BCUT2D eigenvalue weighted by Crippen LogP contribution is -2.46. The fourth-order valence-electron chi connectivity index (χ4n) is 2.90. The van der Waals surface area contributed by atoms with Gasteiger partial charge in [0, 0.05) is 23.1 Å². The quantitative estimate of drug-likeness (QED) is 0.792. The molecular weight excluding hydrogens is 360 g/mol. The van der Waals surface area contributed by atoms with E-state index in [2.05, 4.69) is 21.2 Å². The van der Waals surface area contributed by atoms with Gasteiger partial charge in [0.25, 0.3) is 0 Å². The largest absolute Gasteiger partial charge is 0.444 e. The Morgan fingerprint density at radius 3 is 2.57 bits per heavy atom. The molecule has 6 heteroatoms. The molecule has 2 unspecified atom stereocenters. The van der Waals surface area contributed by atoms with Crippen LogP contribution in [0.1, 0.15) is 52.6 Å². The van der Waals surface area contributed by atoms with Gasteiger partial charge in [0.15, 0.2) is 0 Å². The van der Waals surface area contributed by atoms with Crippen molar-refractivity contribution < 1.29 is 14.3 Å². The molecule has 0 aromatic heterocycles. The van der Waals surface area contributed by atoms with Gasteiger partial charge in [0.05, 0.1) is 6.04 Å². The molecule has 0 saturated carbocycles. The molecule has 2 rings (SSSR count). The Labute approximate surface area is 145 Å². The molecule has 1 aromatic rings. The van der Waals surface area contributed by atoms with Crippen molar-refractivity contribution in [3.63, 3.8) is 0 Å². The zero-order chi connectivity index (χ0) is 17.4. The van der Waals surface area contributed by atoms with Crippen molar-refractivity contribution in [2.24, 2.45) is 0 Å². The summed E-state index contributed by atoms with van der Waals surface area (Å²) < 4.78 is 6.26. The number of carbonyl (C=O) groups is 2. The maximum atomic E-state index is 12.1. The van der Waals surface area contributed by atoms with Gasteiger partial charge in [-0.1, -0.05) is 15.9 Å². The molecule has 1 aromatic carbocycles. The molecule has 1 aliphatic rings. The molecule has 5 nitrogen and oxygen atoms in total. The first-order valence-corrected chi connectivity index (χ1v) is 8.46. The Bertz CT molecular complexity index is 625. The Hall–Kier alpha value is -1.56. The average Bonchev–Trinajstić information content (AvgIpc) is 2.36. The molecule has 126 valence electrons. The second-order valence-corrected chi connectivity index (χ2v) is 7.79. The number of amides is 2. The van der Waals surface area contributed by atoms with E-state index in [4.69, 9.17) is 4.74 Å². The Morgan fingerprint density at radius 2 is 2.00 bits per heavy atom. The van der Waals surface area contributed by atoms with Crippen molar-refractivity contribution >= 4 is 33.6 Å². The SMILES string of the molecule is CC(=O)N1c2ccc(Br)cc2C(NC(=O)OC(C)(C)C)CC1C. The summed E-state index contributed by atoms with van der Waals surface area (Å²) in [5.41, 5.74) is 1.20. The number of benzene rings is 1. The van der Waals surface area contributed by atoms with E-state index in [-0.39, 0.29) is 18.0 Å². The van der Waals surface area contributed by atoms with Gasteiger partial charge < -0.3 is 15.0 Å². The summed E-state index contributed by atoms with van der Waals surface area (Å²) in [6.07, 6.45) is 0.194. The number of carbonyl (C=O) groups excluding carboxylic acids is 2. The number of hydrogen-bond donors (Lipinski definition) is 1. The zero-order valence-electron chi connectivity index (χ0n) is 14.1. The minimum atomic E-state index is -0.546. The molecule has 0 radical (unpaired) electrons. The van der Waals surface area contributed by atoms with Crippen molar-refractivity contribution in [3.8, 4) is 0 Å². The van der Waals surface area contributed by atoms with E-state index in [1.165, 1.54) is 0 Å². The minimum Gasteiger partial charge on any atom is -0.444 e. The lowest BCUT2D eigenvalue weighted by molar-refractivity contribution is -0.117. The van der Waals surface area contributed by atoms with Crippen molar-refractivity contribution in [1.82, 2.24) is 5.32 Å². The third-order valence-corrected chi connectivity index (χ3v) is 4.17. The van der Waals surface area contributed by atoms with E-state index < -0.39 is 11.7 Å². The molecule has 0 bridgehead atoms. The topological polar surface area (TPSA) is 58.6 Å². The molecule has 0 saturated heterocycles. The predicted octanol–water partition coefficient (Wildman–Crippen LogP) is 4.16. The van der Waals surface area contributed by atoms with Gasteiger partial charge in [0.2, 0.25) is 5.91 Å². The van der Waals surface area contributed by atoms with Crippen LogP contribution in [0.25, 0.3) is 0 Å². The summed E-state index contributed by atoms with van der Waals surface area (Å²) in [5, 5.41) is 2.93. The van der Waals surface area contributed by atoms with E-state index in [0.717, 1.165) is 15.7 Å². The minimum absolute atomic E-state index is 0.00103. The summed E-state index contributed by atoms with van der Waals surface area (Å²) in [5.74, 6) is -0.00297. The summed E-state index contributed by atoms with van der Waals surface area (Å²) in [6, 6.07) is 5.56. The first-order chi connectivity index (χ1) is 10.6. The summed E-state index contributed by atoms with van der Waals surface area (Å²) in [4.78, 5) is 25.9. The second kappa shape index (κ2) is 6.51. The zero-order valence-corrected chi connectivity index (χ0v) is 15.7. The van der Waals surface area contributed by atoms with Crippen LogP contribution in [0.5, 0.6) is 0 Å². The van der Waals surface area contributed by atoms with Crippen LogP contribution >= 0.6 is 15.9 Å². The Kier molecular flexibility index (Phi) is 5.04. The van der Waals surface area contributed by atoms with E-state index in [9.17, 15) is 9.59 Å². The maximum Gasteiger partial charge on any atom is 0.408 e. The Morgan fingerprint density at radius 1 is 1.35 bits per heavy atom. The molecule has 23 heavy (non-hydrogen) atoms. The van der Waals surface area contributed by atoms with Crippen molar-refractivity contribution in [2.75, 3.05) is 4.90 Å². The number of nitrogens with one attached hydrogen (secondary N) is 1. The number of ether oxygens (including phenoxy) is 1. The third-order valence-electron chi connectivity index (χ3n) is 3.67. The second-order valence-electron chi connectivity index (χ2n) is 6.88. The van der Waals surface area contributed by atoms with Gasteiger partial charge in [-0.15, -0.1) is 0 Å². The van der Waals surface area contributed by atoms with Crippen LogP contribution in [0.4, 0.5) is 10.5 Å². The number of nitrogens with zero attached hydrogens (tertiary/aromatic N) is 1. The van der Waals surface area contributed by atoms with Gasteiger partial charge in [-0.2, -0.15) is 0 Å². The van der Waals surface area contributed by atoms with Crippen LogP contribution in [0.15, 0.2) is 22.7 Å². The van der Waals surface area contributed by atoms with Gasteiger partial charge in [0.1, 0.15) is 5.60 Å². The lowest BCUT2D eigenvalue weighted by atomic mass is 9.91. The van der Waals surface area contributed by atoms with Gasteiger partial charge in [-0.25, -0.2) is 4.79 Å². The van der Waals surface area contributed by atoms with Crippen LogP contribution in [0.2, 0.25) is 0 Å². The molecule has 2 atom stereocenters. The van der Waals surface area contributed by atoms with Crippen LogP contribution in [0, 0.1) is 0 Å².